The number of nitrogens with one attached hydrogen (secondary N) is 1. The van der Waals surface area contributed by atoms with E-state index in [1.807, 2.05) is 4.90 Å². The molecule has 0 aliphatic carbocycles. The molecule has 1 N–H and O–H groups in total. The maximum atomic E-state index is 14.7. The number of morpholine rings is 1. The number of cyclic esters (lactones) is 1. The van der Waals surface area contributed by atoms with Crippen LogP contribution in [-0.4, -0.2) is 60.0 Å². The third-order valence-corrected chi connectivity index (χ3v) is 6.53. The van der Waals surface area contributed by atoms with Gasteiger partial charge in [0.15, 0.2) is 0 Å². The van der Waals surface area contributed by atoms with E-state index < -0.39 is 33.9 Å². The molecule has 4 rings (SSSR count). The van der Waals surface area contributed by atoms with E-state index in [1.54, 1.807) is 12.1 Å². The van der Waals surface area contributed by atoms with Gasteiger partial charge in [0.05, 0.1) is 36.0 Å². The van der Waals surface area contributed by atoms with E-state index in [-0.39, 0.29) is 18.0 Å². The van der Waals surface area contributed by atoms with Crippen LogP contribution in [0, 0.1) is 11.6 Å². The highest BCUT2D eigenvalue weighted by Gasteiger charge is 2.33. The first-order valence-electron chi connectivity index (χ1n) is 9.69. The molecule has 0 radical (unpaired) electrons. The summed E-state index contributed by atoms with van der Waals surface area (Å²) in [6.07, 6.45) is -1.45. The van der Waals surface area contributed by atoms with E-state index in [9.17, 15) is 22.0 Å². The lowest BCUT2D eigenvalue weighted by Crippen LogP contribution is -2.37. The van der Waals surface area contributed by atoms with Gasteiger partial charge in [-0.2, -0.15) is 0 Å². The second-order valence-corrected chi connectivity index (χ2v) is 8.92. The number of benzene rings is 2. The summed E-state index contributed by atoms with van der Waals surface area (Å²) in [6.45, 7) is 2.10. The van der Waals surface area contributed by atoms with Gasteiger partial charge in [-0.05, 0) is 42.5 Å². The fourth-order valence-corrected chi connectivity index (χ4v) is 4.53. The highest BCUT2D eigenvalue weighted by Crippen LogP contribution is 2.28. The van der Waals surface area contributed by atoms with Crippen LogP contribution in [0.15, 0.2) is 47.4 Å². The first-order valence-corrected chi connectivity index (χ1v) is 11.2. The second kappa shape index (κ2) is 8.77. The minimum absolute atomic E-state index is 0.0567. The van der Waals surface area contributed by atoms with Crippen LogP contribution in [0.4, 0.5) is 25.0 Å². The Labute approximate surface area is 178 Å². The van der Waals surface area contributed by atoms with Gasteiger partial charge < -0.3 is 14.4 Å². The zero-order chi connectivity index (χ0) is 22.0. The van der Waals surface area contributed by atoms with Crippen molar-refractivity contribution in [1.82, 2.24) is 4.72 Å². The Hall–Kier alpha value is -2.76. The van der Waals surface area contributed by atoms with Gasteiger partial charge in [-0.3, -0.25) is 4.90 Å². The molecule has 2 aliphatic heterocycles. The molecular formula is C20H21F2N3O5S. The number of rotatable bonds is 6. The summed E-state index contributed by atoms with van der Waals surface area (Å²) in [6, 6.07) is 8.86. The van der Waals surface area contributed by atoms with Gasteiger partial charge in [-0.1, -0.05) is 0 Å². The van der Waals surface area contributed by atoms with Crippen LogP contribution in [0.1, 0.15) is 0 Å². The molecule has 0 spiro atoms. The van der Waals surface area contributed by atoms with Gasteiger partial charge in [0, 0.05) is 19.6 Å². The summed E-state index contributed by atoms with van der Waals surface area (Å²) < 4.78 is 65.1. The number of anilines is 2. The van der Waals surface area contributed by atoms with Gasteiger partial charge >= 0.3 is 6.09 Å². The number of carbonyl (C=O) groups excluding carboxylic acids is 1. The highest BCUT2D eigenvalue weighted by atomic mass is 32.2. The fourth-order valence-electron chi connectivity index (χ4n) is 3.46. The Morgan fingerprint density at radius 2 is 1.77 bits per heavy atom. The molecule has 2 aliphatic rings. The van der Waals surface area contributed by atoms with E-state index >= 15 is 0 Å². The SMILES string of the molecule is O=C1O[C@@H](CNS(=O)(=O)c2ccc(F)cc2)CN1c1ccc(N2CCOCC2)c(F)c1. The van der Waals surface area contributed by atoms with Gasteiger partial charge in [-0.15, -0.1) is 0 Å². The second-order valence-electron chi connectivity index (χ2n) is 7.16. The van der Waals surface area contributed by atoms with Gasteiger partial charge in [0.1, 0.15) is 17.7 Å². The van der Waals surface area contributed by atoms with E-state index in [0.29, 0.717) is 37.7 Å². The molecule has 2 heterocycles. The van der Waals surface area contributed by atoms with E-state index in [1.165, 1.54) is 11.0 Å². The number of sulfonamides is 1. The molecule has 31 heavy (non-hydrogen) atoms. The lowest BCUT2D eigenvalue weighted by molar-refractivity contribution is 0.122. The quantitative estimate of drug-likeness (QED) is 0.721. The minimum Gasteiger partial charge on any atom is -0.443 e. The van der Waals surface area contributed by atoms with Crippen molar-refractivity contribution in [2.24, 2.45) is 0 Å². The third kappa shape index (κ3) is 4.78. The monoisotopic (exact) mass is 453 g/mol. The first-order chi connectivity index (χ1) is 14.8. The largest absolute Gasteiger partial charge is 0.443 e. The Balaban J connectivity index is 1.40. The number of hydrogen-bond donors (Lipinski definition) is 1. The van der Waals surface area contributed by atoms with Gasteiger partial charge in [0.25, 0.3) is 0 Å². The van der Waals surface area contributed by atoms with Crippen LogP contribution in [0.2, 0.25) is 0 Å². The van der Waals surface area contributed by atoms with Crippen molar-refractivity contribution < 1.29 is 31.5 Å². The van der Waals surface area contributed by atoms with E-state index in [2.05, 4.69) is 4.72 Å². The zero-order valence-corrected chi connectivity index (χ0v) is 17.3. The number of amides is 1. The maximum absolute atomic E-state index is 14.7. The predicted octanol–water partition coefficient (Wildman–Crippen LogP) is 2.11. The number of nitrogens with zero attached hydrogens (tertiary/aromatic N) is 2. The Morgan fingerprint density at radius 1 is 1.06 bits per heavy atom. The summed E-state index contributed by atoms with van der Waals surface area (Å²) in [5.41, 5.74) is 0.756. The number of halogens is 2. The van der Waals surface area contributed by atoms with Crippen molar-refractivity contribution in [1.29, 1.82) is 0 Å². The molecule has 166 valence electrons. The molecule has 0 saturated carbocycles. The summed E-state index contributed by atoms with van der Waals surface area (Å²) in [7, 11) is -3.89. The highest BCUT2D eigenvalue weighted by molar-refractivity contribution is 7.89. The van der Waals surface area contributed by atoms with Gasteiger partial charge in [0.2, 0.25) is 10.0 Å². The molecule has 0 aromatic heterocycles. The predicted molar refractivity (Wildman–Crippen MR) is 109 cm³/mol. The Kier molecular flexibility index (Phi) is 6.08. The Bertz CT molecular complexity index is 1060. The van der Waals surface area contributed by atoms with Crippen LogP contribution in [0.5, 0.6) is 0 Å². The Morgan fingerprint density at radius 3 is 2.45 bits per heavy atom. The van der Waals surface area contributed by atoms with Gasteiger partial charge in [-0.25, -0.2) is 26.7 Å². The van der Waals surface area contributed by atoms with Crippen molar-refractivity contribution >= 4 is 27.5 Å². The number of hydrogen-bond acceptors (Lipinski definition) is 6. The lowest BCUT2D eigenvalue weighted by Gasteiger charge is -2.29. The van der Waals surface area contributed by atoms with Crippen LogP contribution in [0.3, 0.4) is 0 Å². The van der Waals surface area contributed by atoms with Crippen molar-refractivity contribution in [3.8, 4) is 0 Å². The fraction of sp³-hybridized carbons (Fsp3) is 0.350. The lowest BCUT2D eigenvalue weighted by atomic mass is 10.2. The molecule has 2 saturated heterocycles. The first kappa shape index (κ1) is 21.5. The third-order valence-electron chi connectivity index (χ3n) is 5.09. The standard InChI is InChI=1S/C20H21F2N3O5S/c21-14-1-4-17(5-2-14)31(27,28)23-12-16-13-25(20(26)30-16)15-3-6-19(18(22)11-15)24-7-9-29-10-8-24/h1-6,11,16,23H,7-10,12-13H2/t16-/m0/s1. The average Bonchev–Trinajstić information content (AvgIpc) is 3.14. The molecule has 11 heteroatoms. The molecule has 8 nitrogen and oxygen atoms in total. The van der Waals surface area contributed by atoms with Crippen molar-refractivity contribution in [2.45, 2.75) is 11.0 Å². The van der Waals surface area contributed by atoms with Crippen molar-refractivity contribution in [3.05, 3.63) is 54.1 Å². The zero-order valence-electron chi connectivity index (χ0n) is 16.5. The van der Waals surface area contributed by atoms with Crippen molar-refractivity contribution in [2.75, 3.05) is 49.2 Å². The number of ether oxygens (including phenoxy) is 2. The molecule has 1 atom stereocenters. The van der Waals surface area contributed by atoms with Crippen molar-refractivity contribution in [3.63, 3.8) is 0 Å². The molecule has 2 aromatic carbocycles. The van der Waals surface area contributed by atoms with Crippen LogP contribution in [-0.2, 0) is 19.5 Å². The smallest absolute Gasteiger partial charge is 0.414 e. The van der Waals surface area contributed by atoms with E-state index in [0.717, 1.165) is 24.3 Å². The minimum atomic E-state index is -3.89. The molecular weight excluding hydrogens is 432 g/mol. The van der Waals surface area contributed by atoms with Crippen LogP contribution < -0.4 is 14.5 Å². The summed E-state index contributed by atoms with van der Waals surface area (Å²) in [5, 5.41) is 0. The molecule has 0 unspecified atom stereocenters. The normalized spacial score (nSPS) is 19.5. The van der Waals surface area contributed by atoms with Crippen LogP contribution in [0.25, 0.3) is 0 Å². The summed E-state index contributed by atoms with van der Waals surface area (Å²) in [4.78, 5) is 15.3. The summed E-state index contributed by atoms with van der Waals surface area (Å²) in [5.74, 6) is -1.01. The topological polar surface area (TPSA) is 88.2 Å². The molecule has 2 aromatic rings. The molecule has 1 amide bonds. The van der Waals surface area contributed by atoms with E-state index in [4.69, 9.17) is 9.47 Å². The summed E-state index contributed by atoms with van der Waals surface area (Å²) >= 11 is 0. The molecule has 0 bridgehead atoms. The van der Waals surface area contributed by atoms with Crippen LogP contribution >= 0.6 is 0 Å². The molecule has 2 fully saturated rings. The average molecular weight is 453 g/mol. The number of carbonyl (C=O) groups is 1. The maximum Gasteiger partial charge on any atom is 0.414 e.